The predicted octanol–water partition coefficient (Wildman–Crippen LogP) is 4.88. The molecule has 4 aromatic rings. The quantitative estimate of drug-likeness (QED) is 0.373. The number of nitrogens with zero attached hydrogens (tertiary/aromatic N) is 4. The third-order valence-corrected chi connectivity index (χ3v) is 4.87. The zero-order valence-electron chi connectivity index (χ0n) is 19.7. The molecule has 2 heterocycles. The minimum Gasteiger partial charge on any atom is -0.497 e. The maximum absolute atomic E-state index is 12.0. The van der Waals surface area contributed by atoms with E-state index in [-0.39, 0.29) is 11.8 Å². The summed E-state index contributed by atoms with van der Waals surface area (Å²) in [4.78, 5) is 31.2. The van der Waals surface area contributed by atoms with Gasteiger partial charge in [-0.15, -0.1) is 0 Å². The van der Waals surface area contributed by atoms with E-state index >= 15 is 0 Å². The zero-order chi connectivity index (χ0) is 25.0. The van der Waals surface area contributed by atoms with Crippen LogP contribution in [0.2, 0.25) is 0 Å². The standard InChI is InChI=1S/C14H14N2O2.C13H12N2O2/c1-11(14(17)16-8-7-15-10-16)9-12-3-5-13(18-2)6-4-12;1-17-12-5-2-11(3-6-12)4-7-13(16)15-9-8-14-10-15/h3-10H,1-2H3;2-10H,1H3/b11-9+;7-4+. The highest BCUT2D eigenvalue weighted by Gasteiger charge is 2.06. The smallest absolute Gasteiger partial charge is 0.258 e. The number of hydrogen-bond acceptors (Lipinski definition) is 6. The van der Waals surface area contributed by atoms with Crippen molar-refractivity contribution in [2.45, 2.75) is 6.92 Å². The molecule has 0 aliphatic heterocycles. The highest BCUT2D eigenvalue weighted by molar-refractivity contribution is 5.98. The molecule has 0 aliphatic rings. The van der Waals surface area contributed by atoms with Crippen molar-refractivity contribution < 1.29 is 19.1 Å². The molecule has 35 heavy (non-hydrogen) atoms. The first kappa shape index (κ1) is 24.9. The Morgan fingerprint density at radius 3 is 1.77 bits per heavy atom. The number of benzene rings is 2. The molecule has 0 saturated heterocycles. The molecule has 0 spiro atoms. The van der Waals surface area contributed by atoms with Gasteiger partial charge in [-0.25, -0.2) is 9.97 Å². The summed E-state index contributed by atoms with van der Waals surface area (Å²) in [5, 5.41) is 0. The summed E-state index contributed by atoms with van der Waals surface area (Å²) >= 11 is 0. The van der Waals surface area contributed by atoms with Crippen molar-refractivity contribution in [3.8, 4) is 11.5 Å². The highest BCUT2D eigenvalue weighted by Crippen LogP contribution is 2.15. The summed E-state index contributed by atoms with van der Waals surface area (Å²) in [5.41, 5.74) is 2.55. The van der Waals surface area contributed by atoms with E-state index in [1.165, 1.54) is 27.9 Å². The monoisotopic (exact) mass is 470 g/mol. The Bertz CT molecular complexity index is 1270. The molecule has 4 rings (SSSR count). The summed E-state index contributed by atoms with van der Waals surface area (Å²) in [5.74, 6) is 1.38. The molecule has 8 nitrogen and oxygen atoms in total. The fraction of sp³-hybridized carbons (Fsp3) is 0.111. The lowest BCUT2D eigenvalue weighted by Gasteiger charge is -2.02. The van der Waals surface area contributed by atoms with Crippen LogP contribution in [0, 0.1) is 0 Å². The second-order valence-electron chi connectivity index (χ2n) is 7.29. The van der Waals surface area contributed by atoms with Gasteiger partial charge in [0.1, 0.15) is 24.2 Å². The lowest BCUT2D eigenvalue weighted by atomic mass is 10.1. The van der Waals surface area contributed by atoms with E-state index in [4.69, 9.17) is 9.47 Å². The Labute approximate surface area is 203 Å². The summed E-state index contributed by atoms with van der Waals surface area (Å²) in [7, 11) is 3.24. The average molecular weight is 471 g/mol. The summed E-state index contributed by atoms with van der Waals surface area (Å²) in [6.45, 7) is 1.78. The number of imidazole rings is 2. The van der Waals surface area contributed by atoms with Crippen LogP contribution in [0.5, 0.6) is 11.5 Å². The Hall–Kier alpha value is -4.72. The molecular weight excluding hydrogens is 444 g/mol. The van der Waals surface area contributed by atoms with Crippen LogP contribution in [0.25, 0.3) is 12.2 Å². The SMILES string of the molecule is COc1ccc(/C=C(\C)C(=O)n2ccnc2)cc1.COc1ccc(/C=C/C(=O)n2ccnc2)cc1. The Morgan fingerprint density at radius 2 is 1.29 bits per heavy atom. The molecule has 2 aromatic heterocycles. The molecular formula is C27H26N4O4. The number of carbonyl (C=O) groups is 2. The molecule has 8 heteroatoms. The third kappa shape index (κ3) is 7.40. The van der Waals surface area contributed by atoms with Crippen LogP contribution in [0.3, 0.4) is 0 Å². The largest absolute Gasteiger partial charge is 0.497 e. The Balaban J connectivity index is 0.000000196. The second kappa shape index (κ2) is 12.5. The van der Waals surface area contributed by atoms with Gasteiger partial charge in [0.2, 0.25) is 0 Å². The molecule has 0 fully saturated rings. The highest BCUT2D eigenvalue weighted by atomic mass is 16.5. The molecule has 0 N–H and O–H groups in total. The van der Waals surface area contributed by atoms with Crippen molar-refractivity contribution >= 4 is 24.0 Å². The average Bonchev–Trinajstić information content (AvgIpc) is 3.63. The minimum absolute atomic E-state index is 0.0803. The lowest BCUT2D eigenvalue weighted by molar-refractivity contribution is 0.0952. The fourth-order valence-corrected chi connectivity index (χ4v) is 2.95. The van der Waals surface area contributed by atoms with E-state index in [1.54, 1.807) is 52.0 Å². The van der Waals surface area contributed by atoms with Gasteiger partial charge in [0.25, 0.3) is 11.8 Å². The normalized spacial score (nSPS) is 11.0. The first-order valence-corrected chi connectivity index (χ1v) is 10.7. The van der Waals surface area contributed by atoms with Gasteiger partial charge in [0.05, 0.1) is 14.2 Å². The minimum atomic E-state index is -0.127. The van der Waals surface area contributed by atoms with Gasteiger partial charge in [-0.2, -0.15) is 0 Å². The van der Waals surface area contributed by atoms with Crippen LogP contribution >= 0.6 is 0 Å². The van der Waals surface area contributed by atoms with Crippen molar-refractivity contribution in [1.29, 1.82) is 0 Å². The molecule has 178 valence electrons. The van der Waals surface area contributed by atoms with E-state index < -0.39 is 0 Å². The van der Waals surface area contributed by atoms with E-state index in [2.05, 4.69) is 9.97 Å². The van der Waals surface area contributed by atoms with E-state index in [0.29, 0.717) is 5.57 Å². The van der Waals surface area contributed by atoms with Crippen molar-refractivity contribution in [1.82, 2.24) is 19.1 Å². The van der Waals surface area contributed by atoms with Gasteiger partial charge in [0, 0.05) is 36.4 Å². The molecule has 2 aromatic carbocycles. The molecule has 0 unspecified atom stereocenters. The van der Waals surface area contributed by atoms with Gasteiger partial charge in [0.15, 0.2) is 0 Å². The van der Waals surface area contributed by atoms with Crippen LogP contribution in [0.4, 0.5) is 0 Å². The third-order valence-electron chi connectivity index (χ3n) is 4.87. The Morgan fingerprint density at radius 1 is 0.771 bits per heavy atom. The van der Waals surface area contributed by atoms with Crippen LogP contribution in [-0.4, -0.2) is 45.1 Å². The molecule has 0 radical (unpaired) electrons. The number of rotatable bonds is 6. The van der Waals surface area contributed by atoms with Crippen LogP contribution in [0.15, 0.2) is 97.6 Å². The van der Waals surface area contributed by atoms with Gasteiger partial charge < -0.3 is 9.47 Å². The summed E-state index contributed by atoms with van der Waals surface area (Å²) in [6.07, 6.45) is 14.5. The molecule has 0 amide bonds. The molecule has 0 saturated carbocycles. The van der Waals surface area contributed by atoms with Crippen LogP contribution in [-0.2, 0) is 0 Å². The number of methoxy groups -OCH3 is 2. The van der Waals surface area contributed by atoms with E-state index in [9.17, 15) is 9.59 Å². The van der Waals surface area contributed by atoms with Crippen LogP contribution in [0.1, 0.15) is 27.6 Å². The predicted molar refractivity (Wildman–Crippen MR) is 134 cm³/mol. The lowest BCUT2D eigenvalue weighted by Crippen LogP contribution is -2.09. The van der Waals surface area contributed by atoms with Gasteiger partial charge in [-0.05, 0) is 54.5 Å². The van der Waals surface area contributed by atoms with Crippen molar-refractivity contribution in [2.24, 2.45) is 0 Å². The molecule has 0 aliphatic carbocycles. The molecule has 0 atom stereocenters. The fourth-order valence-electron chi connectivity index (χ4n) is 2.95. The first-order chi connectivity index (χ1) is 17.0. The van der Waals surface area contributed by atoms with Gasteiger partial charge >= 0.3 is 0 Å². The zero-order valence-corrected chi connectivity index (χ0v) is 19.7. The van der Waals surface area contributed by atoms with E-state index in [0.717, 1.165) is 22.6 Å². The van der Waals surface area contributed by atoms with Crippen molar-refractivity contribution in [2.75, 3.05) is 14.2 Å². The van der Waals surface area contributed by atoms with E-state index in [1.807, 2.05) is 54.6 Å². The summed E-state index contributed by atoms with van der Waals surface area (Å²) in [6, 6.07) is 15.0. The Kier molecular flexibility index (Phi) is 8.90. The molecule has 0 bridgehead atoms. The van der Waals surface area contributed by atoms with Crippen LogP contribution < -0.4 is 9.47 Å². The van der Waals surface area contributed by atoms with Crippen molar-refractivity contribution in [3.05, 3.63) is 109 Å². The number of aromatic nitrogens is 4. The first-order valence-electron chi connectivity index (χ1n) is 10.7. The number of allylic oxidation sites excluding steroid dienone is 2. The second-order valence-corrected chi connectivity index (χ2v) is 7.29. The number of ether oxygens (including phenoxy) is 2. The van der Waals surface area contributed by atoms with Crippen molar-refractivity contribution in [3.63, 3.8) is 0 Å². The van der Waals surface area contributed by atoms with Gasteiger partial charge in [-0.1, -0.05) is 24.3 Å². The van der Waals surface area contributed by atoms with Gasteiger partial charge in [-0.3, -0.25) is 18.7 Å². The summed E-state index contributed by atoms with van der Waals surface area (Å²) < 4.78 is 13.0. The maximum atomic E-state index is 12.0. The number of carbonyl (C=O) groups excluding carboxylic acids is 2. The number of hydrogen-bond donors (Lipinski definition) is 0. The maximum Gasteiger partial charge on any atom is 0.258 e. The topological polar surface area (TPSA) is 88.2 Å².